The maximum Gasteiger partial charge on any atom is 0.173 e. The summed E-state index contributed by atoms with van der Waals surface area (Å²) in [5.41, 5.74) is 0.820. The highest BCUT2D eigenvalue weighted by Gasteiger charge is 2.29. The quantitative estimate of drug-likeness (QED) is 0.783. The van der Waals surface area contributed by atoms with Gasteiger partial charge in [0.15, 0.2) is 11.6 Å². The SMILES string of the molecule is CNC(c1ccc(F)c(F)c1Br)C1CCCC(C)C1. The van der Waals surface area contributed by atoms with Crippen LogP contribution in [0.2, 0.25) is 0 Å². The minimum atomic E-state index is -0.803. The van der Waals surface area contributed by atoms with Crippen molar-refractivity contribution in [3.05, 3.63) is 33.8 Å². The van der Waals surface area contributed by atoms with Crippen molar-refractivity contribution in [2.75, 3.05) is 7.05 Å². The Balaban J connectivity index is 2.29. The van der Waals surface area contributed by atoms with E-state index in [1.807, 2.05) is 7.05 Å². The predicted octanol–water partition coefficient (Wildman–Crippen LogP) is 4.81. The average molecular weight is 332 g/mol. The van der Waals surface area contributed by atoms with E-state index in [1.54, 1.807) is 6.07 Å². The van der Waals surface area contributed by atoms with Crippen molar-refractivity contribution in [2.45, 2.75) is 38.6 Å². The van der Waals surface area contributed by atoms with E-state index >= 15 is 0 Å². The Morgan fingerprint density at radius 3 is 2.68 bits per heavy atom. The largest absolute Gasteiger partial charge is 0.313 e. The first-order valence-corrected chi connectivity index (χ1v) is 7.64. The summed E-state index contributed by atoms with van der Waals surface area (Å²) in [6, 6.07) is 2.97. The summed E-state index contributed by atoms with van der Waals surface area (Å²) in [4.78, 5) is 0. The van der Waals surface area contributed by atoms with E-state index in [1.165, 1.54) is 18.9 Å². The smallest absolute Gasteiger partial charge is 0.173 e. The Bertz CT molecular complexity index is 450. The lowest BCUT2D eigenvalue weighted by atomic mass is 9.77. The molecular weight excluding hydrogens is 312 g/mol. The average Bonchev–Trinajstić information content (AvgIpc) is 2.40. The minimum Gasteiger partial charge on any atom is -0.313 e. The molecular formula is C15H20BrF2N. The second-order valence-corrected chi connectivity index (χ2v) is 6.36. The van der Waals surface area contributed by atoms with E-state index in [9.17, 15) is 8.78 Å². The molecule has 1 N–H and O–H groups in total. The molecule has 4 heteroatoms. The van der Waals surface area contributed by atoms with E-state index in [2.05, 4.69) is 28.2 Å². The number of rotatable bonds is 3. The molecule has 3 unspecified atom stereocenters. The summed E-state index contributed by atoms with van der Waals surface area (Å²) < 4.78 is 27.1. The highest BCUT2D eigenvalue weighted by atomic mass is 79.9. The molecule has 1 saturated carbocycles. The van der Waals surface area contributed by atoms with E-state index in [0.29, 0.717) is 11.8 Å². The van der Waals surface area contributed by atoms with Gasteiger partial charge in [-0.15, -0.1) is 0 Å². The third-order valence-corrected chi connectivity index (χ3v) is 4.97. The van der Waals surface area contributed by atoms with Crippen molar-refractivity contribution in [1.29, 1.82) is 0 Å². The molecule has 106 valence electrons. The molecule has 0 heterocycles. The zero-order valence-corrected chi connectivity index (χ0v) is 12.9. The van der Waals surface area contributed by atoms with Crippen LogP contribution < -0.4 is 5.32 Å². The summed E-state index contributed by atoms with van der Waals surface area (Å²) in [7, 11) is 1.89. The van der Waals surface area contributed by atoms with Gasteiger partial charge in [-0.2, -0.15) is 0 Å². The maximum atomic E-state index is 13.7. The Labute approximate surface area is 121 Å². The van der Waals surface area contributed by atoms with Crippen molar-refractivity contribution < 1.29 is 8.78 Å². The Morgan fingerprint density at radius 2 is 2.05 bits per heavy atom. The lowest BCUT2D eigenvalue weighted by Gasteiger charge is -2.34. The van der Waals surface area contributed by atoms with Crippen LogP contribution in [0.15, 0.2) is 16.6 Å². The number of hydrogen-bond donors (Lipinski definition) is 1. The normalized spacial score (nSPS) is 25.3. The van der Waals surface area contributed by atoms with Crippen LogP contribution in [0, 0.1) is 23.5 Å². The summed E-state index contributed by atoms with van der Waals surface area (Å²) in [5, 5.41) is 3.28. The molecule has 1 aromatic carbocycles. The van der Waals surface area contributed by atoms with E-state index in [4.69, 9.17) is 0 Å². The summed E-state index contributed by atoms with van der Waals surface area (Å²) in [6.07, 6.45) is 4.76. The molecule has 0 aliphatic heterocycles. The second kappa shape index (κ2) is 6.31. The van der Waals surface area contributed by atoms with Crippen molar-refractivity contribution in [3.8, 4) is 0 Å². The third kappa shape index (κ3) is 3.16. The second-order valence-electron chi connectivity index (χ2n) is 5.56. The highest BCUT2D eigenvalue weighted by Crippen LogP contribution is 2.39. The fourth-order valence-corrected chi connectivity index (χ4v) is 3.78. The maximum absolute atomic E-state index is 13.7. The topological polar surface area (TPSA) is 12.0 Å². The monoisotopic (exact) mass is 331 g/mol. The van der Waals surface area contributed by atoms with Gasteiger partial charge in [0.05, 0.1) is 4.47 Å². The predicted molar refractivity (Wildman–Crippen MR) is 77.0 cm³/mol. The summed E-state index contributed by atoms with van der Waals surface area (Å²) in [5.74, 6) is -0.405. The first kappa shape index (κ1) is 14.9. The van der Waals surface area contributed by atoms with Crippen LogP contribution in [0.3, 0.4) is 0 Å². The molecule has 2 rings (SSSR count). The van der Waals surface area contributed by atoms with Gasteiger partial charge in [0.2, 0.25) is 0 Å². The molecule has 1 fully saturated rings. The molecule has 0 saturated heterocycles. The Morgan fingerprint density at radius 1 is 1.32 bits per heavy atom. The molecule has 0 amide bonds. The van der Waals surface area contributed by atoms with Gasteiger partial charge in [-0.05, 0) is 59.3 Å². The van der Waals surface area contributed by atoms with E-state index in [-0.39, 0.29) is 10.5 Å². The number of benzene rings is 1. The van der Waals surface area contributed by atoms with Crippen LogP contribution in [-0.4, -0.2) is 7.05 Å². The lowest BCUT2D eigenvalue weighted by Crippen LogP contribution is -2.29. The molecule has 1 nitrogen and oxygen atoms in total. The van der Waals surface area contributed by atoms with E-state index < -0.39 is 11.6 Å². The number of hydrogen-bond acceptors (Lipinski definition) is 1. The summed E-state index contributed by atoms with van der Waals surface area (Å²) in [6.45, 7) is 2.26. The first-order valence-electron chi connectivity index (χ1n) is 6.85. The fraction of sp³-hybridized carbons (Fsp3) is 0.600. The van der Waals surface area contributed by atoms with Crippen LogP contribution in [0.5, 0.6) is 0 Å². The molecule has 1 aliphatic rings. The molecule has 1 aromatic rings. The van der Waals surface area contributed by atoms with Gasteiger partial charge >= 0.3 is 0 Å². The number of halogens is 3. The lowest BCUT2D eigenvalue weighted by molar-refractivity contribution is 0.229. The molecule has 19 heavy (non-hydrogen) atoms. The Kier molecular flexibility index (Phi) is 4.96. The third-order valence-electron chi connectivity index (χ3n) is 4.16. The van der Waals surface area contributed by atoms with E-state index in [0.717, 1.165) is 18.4 Å². The van der Waals surface area contributed by atoms with Crippen molar-refractivity contribution in [2.24, 2.45) is 11.8 Å². The molecule has 3 atom stereocenters. The number of nitrogens with one attached hydrogen (secondary N) is 1. The fourth-order valence-electron chi connectivity index (χ4n) is 3.21. The van der Waals surface area contributed by atoms with Gasteiger partial charge in [-0.25, -0.2) is 8.78 Å². The minimum absolute atomic E-state index is 0.0761. The van der Waals surface area contributed by atoms with Gasteiger partial charge in [-0.1, -0.05) is 25.8 Å². The zero-order chi connectivity index (χ0) is 14.0. The first-order chi connectivity index (χ1) is 9.04. The van der Waals surface area contributed by atoms with Gasteiger partial charge in [0.1, 0.15) is 0 Å². The molecule has 1 aliphatic carbocycles. The molecule has 0 aromatic heterocycles. The Hall–Kier alpha value is -0.480. The van der Waals surface area contributed by atoms with Gasteiger partial charge in [0, 0.05) is 6.04 Å². The van der Waals surface area contributed by atoms with Crippen LogP contribution in [-0.2, 0) is 0 Å². The summed E-state index contributed by atoms with van der Waals surface area (Å²) >= 11 is 3.20. The van der Waals surface area contributed by atoms with Crippen molar-refractivity contribution in [1.82, 2.24) is 5.32 Å². The molecule has 0 bridgehead atoms. The van der Waals surface area contributed by atoms with Gasteiger partial charge in [-0.3, -0.25) is 0 Å². The zero-order valence-electron chi connectivity index (χ0n) is 11.3. The standard InChI is InChI=1S/C15H20BrF2N/c1-9-4-3-5-10(8-9)15(19-2)11-6-7-12(17)14(18)13(11)16/h6-7,9-10,15,19H,3-5,8H2,1-2H3. The van der Waals surface area contributed by atoms with Crippen LogP contribution in [0.1, 0.15) is 44.2 Å². The van der Waals surface area contributed by atoms with Crippen LogP contribution >= 0.6 is 15.9 Å². The highest BCUT2D eigenvalue weighted by molar-refractivity contribution is 9.10. The van der Waals surface area contributed by atoms with Crippen LogP contribution in [0.25, 0.3) is 0 Å². The molecule has 0 radical (unpaired) electrons. The van der Waals surface area contributed by atoms with Crippen molar-refractivity contribution >= 4 is 15.9 Å². The van der Waals surface area contributed by atoms with Gasteiger partial charge < -0.3 is 5.32 Å². The van der Waals surface area contributed by atoms with Gasteiger partial charge in [0.25, 0.3) is 0 Å². The van der Waals surface area contributed by atoms with Crippen LogP contribution in [0.4, 0.5) is 8.78 Å². The van der Waals surface area contributed by atoms with Crippen molar-refractivity contribution in [3.63, 3.8) is 0 Å². The molecule has 0 spiro atoms.